The third kappa shape index (κ3) is 3.69. The molecule has 13 heavy (non-hydrogen) atoms. The topological polar surface area (TPSA) is 39.2 Å². The highest BCUT2D eigenvalue weighted by Gasteiger charge is 2.03. The smallest absolute Gasteiger partial charge is 0.311 e. The lowest BCUT2D eigenvalue weighted by molar-refractivity contribution is -0.142. The Kier molecular flexibility index (Phi) is 3.96. The third-order valence-electron chi connectivity index (χ3n) is 1.52. The molecule has 0 fully saturated rings. The van der Waals surface area contributed by atoms with Gasteiger partial charge in [-0.1, -0.05) is 13.0 Å². The van der Waals surface area contributed by atoms with E-state index >= 15 is 0 Å². The Balaban J connectivity index is 2.37. The van der Waals surface area contributed by atoms with Gasteiger partial charge in [-0.25, -0.2) is 0 Å². The number of carbonyl (C=O) groups excluding carboxylic acids is 1. The number of hydrogen-bond acceptors (Lipinski definition) is 3. The number of aromatic nitrogens is 1. The van der Waals surface area contributed by atoms with Gasteiger partial charge in [0.15, 0.2) is 0 Å². The first-order valence-corrected chi connectivity index (χ1v) is 4.38. The van der Waals surface area contributed by atoms with E-state index in [1.165, 1.54) is 0 Å². The molecule has 0 bridgehead atoms. The van der Waals surface area contributed by atoms with Crippen LogP contribution in [0.4, 0.5) is 0 Å². The quantitative estimate of drug-likeness (QED) is 0.659. The maximum absolute atomic E-state index is 11.1. The van der Waals surface area contributed by atoms with Crippen LogP contribution in [-0.2, 0) is 16.0 Å². The summed E-state index contributed by atoms with van der Waals surface area (Å²) < 4.78 is 4.92. The minimum atomic E-state index is -0.208. The van der Waals surface area contributed by atoms with Crippen LogP contribution in [0.2, 0.25) is 0 Å². The zero-order valence-corrected chi connectivity index (χ0v) is 7.69. The Morgan fingerprint density at radius 3 is 3.00 bits per heavy atom. The molecule has 0 radical (unpaired) electrons. The summed E-state index contributed by atoms with van der Waals surface area (Å²) in [7, 11) is 0. The minimum Gasteiger partial charge on any atom is -0.465 e. The van der Waals surface area contributed by atoms with E-state index in [1.54, 1.807) is 6.20 Å². The first kappa shape index (κ1) is 9.71. The molecular weight excluding hydrogens is 166 g/mol. The van der Waals surface area contributed by atoms with Gasteiger partial charge in [-0.15, -0.1) is 0 Å². The maximum Gasteiger partial charge on any atom is 0.311 e. The summed E-state index contributed by atoms with van der Waals surface area (Å²) in [6, 6.07) is 5.49. The normalized spacial score (nSPS) is 9.62. The van der Waals surface area contributed by atoms with E-state index in [4.69, 9.17) is 4.74 Å². The summed E-state index contributed by atoms with van der Waals surface area (Å²) in [6.45, 7) is 2.46. The van der Waals surface area contributed by atoms with Crippen molar-refractivity contribution in [2.75, 3.05) is 6.61 Å². The molecule has 70 valence electrons. The van der Waals surface area contributed by atoms with Gasteiger partial charge in [0.2, 0.25) is 0 Å². The highest BCUT2D eigenvalue weighted by molar-refractivity contribution is 5.71. The van der Waals surface area contributed by atoms with Crippen LogP contribution in [0.5, 0.6) is 0 Å². The van der Waals surface area contributed by atoms with Crippen molar-refractivity contribution in [2.24, 2.45) is 0 Å². The summed E-state index contributed by atoms with van der Waals surface area (Å²) >= 11 is 0. The van der Waals surface area contributed by atoms with Crippen LogP contribution >= 0.6 is 0 Å². The molecule has 1 aromatic rings. The average Bonchev–Trinajstić information content (AvgIpc) is 2.16. The van der Waals surface area contributed by atoms with E-state index in [1.807, 2.05) is 25.1 Å². The van der Waals surface area contributed by atoms with Crippen LogP contribution in [0, 0.1) is 0 Å². The van der Waals surface area contributed by atoms with Gasteiger partial charge in [-0.2, -0.15) is 0 Å². The van der Waals surface area contributed by atoms with Crippen LogP contribution in [0.15, 0.2) is 24.4 Å². The van der Waals surface area contributed by atoms with Crippen molar-refractivity contribution in [2.45, 2.75) is 19.8 Å². The Bertz CT molecular complexity index is 259. The Morgan fingerprint density at radius 1 is 1.54 bits per heavy atom. The average molecular weight is 179 g/mol. The fourth-order valence-corrected chi connectivity index (χ4v) is 0.918. The molecule has 0 unspecified atom stereocenters. The first-order chi connectivity index (χ1) is 6.33. The van der Waals surface area contributed by atoms with Crippen molar-refractivity contribution in [1.82, 2.24) is 4.98 Å². The molecule has 0 atom stereocenters. The molecule has 3 nitrogen and oxygen atoms in total. The van der Waals surface area contributed by atoms with E-state index < -0.39 is 0 Å². The molecule has 1 heterocycles. The number of carbonyl (C=O) groups is 1. The van der Waals surface area contributed by atoms with E-state index in [9.17, 15) is 4.79 Å². The van der Waals surface area contributed by atoms with Crippen LogP contribution in [0.1, 0.15) is 19.0 Å². The van der Waals surface area contributed by atoms with E-state index in [-0.39, 0.29) is 12.4 Å². The van der Waals surface area contributed by atoms with Gasteiger partial charge >= 0.3 is 5.97 Å². The molecule has 1 aromatic heterocycles. The summed E-state index contributed by atoms with van der Waals surface area (Å²) in [5.41, 5.74) is 0.753. The number of pyridine rings is 1. The summed E-state index contributed by atoms with van der Waals surface area (Å²) in [6.07, 6.45) is 2.79. The van der Waals surface area contributed by atoms with Crippen molar-refractivity contribution in [3.05, 3.63) is 30.1 Å². The summed E-state index contributed by atoms with van der Waals surface area (Å²) in [5, 5.41) is 0. The van der Waals surface area contributed by atoms with Crippen molar-refractivity contribution in [3.8, 4) is 0 Å². The van der Waals surface area contributed by atoms with Crippen LogP contribution in [0.3, 0.4) is 0 Å². The number of rotatable bonds is 4. The number of esters is 1. The lowest BCUT2D eigenvalue weighted by Crippen LogP contribution is -2.09. The van der Waals surface area contributed by atoms with E-state index in [0.717, 1.165) is 12.1 Å². The fraction of sp³-hybridized carbons (Fsp3) is 0.400. The highest BCUT2D eigenvalue weighted by Crippen LogP contribution is 1.96. The Morgan fingerprint density at radius 2 is 2.38 bits per heavy atom. The second-order valence-electron chi connectivity index (χ2n) is 2.72. The lowest BCUT2D eigenvalue weighted by Gasteiger charge is -2.01. The molecule has 0 spiro atoms. The largest absolute Gasteiger partial charge is 0.465 e. The molecule has 0 amide bonds. The Labute approximate surface area is 77.8 Å². The first-order valence-electron chi connectivity index (χ1n) is 4.38. The molecule has 0 aliphatic carbocycles. The minimum absolute atomic E-state index is 0.208. The molecule has 0 saturated carbocycles. The van der Waals surface area contributed by atoms with Gasteiger partial charge in [0.1, 0.15) is 0 Å². The van der Waals surface area contributed by atoms with Crippen LogP contribution in [-0.4, -0.2) is 17.6 Å². The molecule has 0 aromatic carbocycles. The zero-order chi connectivity index (χ0) is 9.52. The molecule has 3 heteroatoms. The van der Waals surface area contributed by atoms with Crippen LogP contribution in [0.25, 0.3) is 0 Å². The fourth-order valence-electron chi connectivity index (χ4n) is 0.918. The van der Waals surface area contributed by atoms with Gasteiger partial charge in [-0.05, 0) is 18.6 Å². The van der Waals surface area contributed by atoms with E-state index in [2.05, 4.69) is 4.98 Å². The number of hydrogen-bond donors (Lipinski definition) is 0. The Hall–Kier alpha value is -1.38. The van der Waals surface area contributed by atoms with Crippen molar-refractivity contribution in [1.29, 1.82) is 0 Å². The van der Waals surface area contributed by atoms with Crippen molar-refractivity contribution >= 4 is 5.97 Å². The second-order valence-corrected chi connectivity index (χ2v) is 2.72. The van der Waals surface area contributed by atoms with E-state index in [0.29, 0.717) is 6.61 Å². The van der Waals surface area contributed by atoms with Gasteiger partial charge in [-0.3, -0.25) is 9.78 Å². The molecule has 0 aliphatic rings. The molecule has 0 aliphatic heterocycles. The summed E-state index contributed by atoms with van der Waals surface area (Å²) in [4.78, 5) is 15.1. The SMILES string of the molecule is CCCOC(=O)Cc1ccccn1. The second kappa shape index (κ2) is 5.30. The standard InChI is InChI=1S/C10H13NO2/c1-2-7-13-10(12)8-9-5-3-4-6-11-9/h3-6H,2,7-8H2,1H3. The zero-order valence-electron chi connectivity index (χ0n) is 7.69. The highest BCUT2D eigenvalue weighted by atomic mass is 16.5. The number of nitrogens with zero attached hydrogens (tertiary/aromatic N) is 1. The van der Waals surface area contributed by atoms with Gasteiger partial charge in [0.05, 0.1) is 18.7 Å². The van der Waals surface area contributed by atoms with Gasteiger partial charge in [0.25, 0.3) is 0 Å². The molecule has 1 rings (SSSR count). The molecule has 0 N–H and O–H groups in total. The third-order valence-corrected chi connectivity index (χ3v) is 1.52. The van der Waals surface area contributed by atoms with Gasteiger partial charge in [0, 0.05) is 6.20 Å². The van der Waals surface area contributed by atoms with Crippen LogP contribution < -0.4 is 0 Å². The van der Waals surface area contributed by atoms with Crippen molar-refractivity contribution in [3.63, 3.8) is 0 Å². The lowest BCUT2D eigenvalue weighted by atomic mass is 10.3. The maximum atomic E-state index is 11.1. The molecular formula is C10H13NO2. The van der Waals surface area contributed by atoms with Gasteiger partial charge < -0.3 is 4.74 Å². The van der Waals surface area contributed by atoms with Crippen molar-refractivity contribution < 1.29 is 9.53 Å². The molecule has 0 saturated heterocycles. The predicted molar refractivity (Wildman–Crippen MR) is 49.2 cm³/mol. The number of ether oxygens (including phenoxy) is 1. The summed E-state index contributed by atoms with van der Waals surface area (Å²) in [5.74, 6) is -0.208. The monoisotopic (exact) mass is 179 g/mol. The predicted octanol–water partition coefficient (Wildman–Crippen LogP) is 1.58.